The molecule has 0 aliphatic carbocycles. The van der Waals surface area contributed by atoms with Gasteiger partial charge in [0.2, 0.25) is 5.91 Å². The monoisotopic (exact) mass is 1000 g/mol. The quantitative estimate of drug-likeness (QED) is 0.0320. The van der Waals surface area contributed by atoms with Crippen LogP contribution in [0.5, 0.6) is 0 Å². The van der Waals surface area contributed by atoms with Gasteiger partial charge in [0, 0.05) is 12.8 Å². The normalized spacial score (nSPS) is 12.7. The summed E-state index contributed by atoms with van der Waals surface area (Å²) in [4.78, 5) is 24.6. The lowest BCUT2D eigenvalue weighted by molar-refractivity contribution is -0.143. The Balaban J connectivity index is 3.45. The van der Waals surface area contributed by atoms with Gasteiger partial charge in [0.15, 0.2) is 0 Å². The van der Waals surface area contributed by atoms with Crippen LogP contribution in [0.15, 0.2) is 24.3 Å². The van der Waals surface area contributed by atoms with Crippen molar-refractivity contribution in [1.82, 2.24) is 5.32 Å². The van der Waals surface area contributed by atoms with Crippen LogP contribution in [0.2, 0.25) is 0 Å². The van der Waals surface area contributed by atoms with Crippen molar-refractivity contribution < 1.29 is 24.5 Å². The zero-order chi connectivity index (χ0) is 51.4. The predicted molar refractivity (Wildman–Crippen MR) is 310 cm³/mol. The molecular weight excluding hydrogens is 875 g/mol. The van der Waals surface area contributed by atoms with Crippen molar-refractivity contribution in [3.8, 4) is 0 Å². The number of aliphatic hydroxyl groups is 2. The molecule has 6 heteroatoms. The van der Waals surface area contributed by atoms with Crippen molar-refractivity contribution in [3.63, 3.8) is 0 Å². The molecule has 0 aliphatic rings. The van der Waals surface area contributed by atoms with Crippen molar-refractivity contribution in [2.75, 3.05) is 13.2 Å². The molecule has 0 aromatic rings. The molecule has 0 bridgehead atoms. The lowest BCUT2D eigenvalue weighted by atomic mass is 10.0. The second-order valence-electron chi connectivity index (χ2n) is 22.1. The molecule has 0 spiro atoms. The first-order valence-electron chi connectivity index (χ1n) is 32.1. The highest BCUT2D eigenvalue weighted by atomic mass is 16.5. The Morgan fingerprint density at radius 1 is 0.380 bits per heavy atom. The second-order valence-corrected chi connectivity index (χ2v) is 22.1. The van der Waals surface area contributed by atoms with Gasteiger partial charge < -0.3 is 20.3 Å². The first-order valence-corrected chi connectivity index (χ1v) is 32.1. The Bertz CT molecular complexity index is 1110. The summed E-state index contributed by atoms with van der Waals surface area (Å²) in [5.41, 5.74) is 0. The lowest BCUT2D eigenvalue weighted by Crippen LogP contribution is -2.45. The van der Waals surface area contributed by atoms with Gasteiger partial charge >= 0.3 is 5.97 Å². The molecule has 0 saturated carbocycles. The van der Waals surface area contributed by atoms with E-state index in [4.69, 9.17) is 4.74 Å². The summed E-state index contributed by atoms with van der Waals surface area (Å²) in [7, 11) is 0. The van der Waals surface area contributed by atoms with Crippen molar-refractivity contribution in [1.29, 1.82) is 0 Å². The van der Waals surface area contributed by atoms with Crippen molar-refractivity contribution in [2.24, 2.45) is 0 Å². The van der Waals surface area contributed by atoms with Crippen molar-refractivity contribution >= 4 is 11.9 Å². The number of ether oxygens (including phenoxy) is 1. The molecule has 6 nitrogen and oxygen atoms in total. The number of unbranched alkanes of at least 4 members (excludes halogenated alkanes) is 45. The molecule has 2 unspecified atom stereocenters. The van der Waals surface area contributed by atoms with Crippen LogP contribution in [0, 0.1) is 0 Å². The third kappa shape index (κ3) is 57.5. The average molecular weight is 1000 g/mol. The Morgan fingerprint density at radius 3 is 1.01 bits per heavy atom. The summed E-state index contributed by atoms with van der Waals surface area (Å²) in [5, 5.41) is 23.4. The van der Waals surface area contributed by atoms with Crippen LogP contribution in [0.4, 0.5) is 0 Å². The van der Waals surface area contributed by atoms with E-state index in [1.807, 2.05) is 0 Å². The minimum absolute atomic E-state index is 0.00555. The number of carbonyl (C=O) groups excluding carboxylic acids is 2. The summed E-state index contributed by atoms with van der Waals surface area (Å²) in [6.07, 6.45) is 74.8. The molecule has 0 radical (unpaired) electrons. The van der Waals surface area contributed by atoms with Gasteiger partial charge in [0.1, 0.15) is 0 Å². The zero-order valence-electron chi connectivity index (χ0n) is 48.0. The van der Waals surface area contributed by atoms with E-state index < -0.39 is 12.1 Å². The summed E-state index contributed by atoms with van der Waals surface area (Å²) in [5.74, 6) is -0.0514. The second kappa shape index (κ2) is 60.9. The standard InChI is InChI=1S/C65H125NO5/c1-3-5-7-9-11-13-15-17-18-19-20-21-22-23-24-27-30-34-37-41-45-49-53-57-63(68)62(61-67)66-64(69)58-54-50-46-42-38-35-31-28-25-26-29-32-36-40-44-48-52-56-60-71-65(70)59-55-51-47-43-39-33-16-14-12-10-8-6-4-2/h14,16,28,31,62-63,67-68H,3-13,15,17-27,29-30,32-61H2,1-2H3,(H,66,69)/b16-14-,31-28-. The molecule has 420 valence electrons. The van der Waals surface area contributed by atoms with E-state index in [0.717, 1.165) is 57.8 Å². The maximum Gasteiger partial charge on any atom is 0.305 e. The number of rotatable bonds is 60. The molecule has 0 fully saturated rings. The number of nitrogens with one attached hydrogen (secondary N) is 1. The predicted octanol–water partition coefficient (Wildman–Crippen LogP) is 20.2. The van der Waals surface area contributed by atoms with E-state index in [1.165, 1.54) is 263 Å². The maximum absolute atomic E-state index is 12.5. The van der Waals surface area contributed by atoms with Crippen LogP contribution in [0.25, 0.3) is 0 Å². The minimum Gasteiger partial charge on any atom is -0.466 e. The molecule has 2 atom stereocenters. The molecule has 0 aromatic heterocycles. The van der Waals surface area contributed by atoms with E-state index in [-0.39, 0.29) is 18.5 Å². The van der Waals surface area contributed by atoms with E-state index in [1.54, 1.807) is 0 Å². The first-order chi connectivity index (χ1) is 35.0. The molecule has 0 heterocycles. The minimum atomic E-state index is -0.674. The first kappa shape index (κ1) is 69.3. The Hall–Kier alpha value is -1.66. The molecule has 0 aromatic carbocycles. The van der Waals surface area contributed by atoms with E-state index in [0.29, 0.717) is 25.9 Å². The largest absolute Gasteiger partial charge is 0.466 e. The summed E-state index contributed by atoms with van der Waals surface area (Å²) in [6.45, 7) is 4.95. The van der Waals surface area contributed by atoms with Crippen LogP contribution < -0.4 is 5.32 Å². The highest BCUT2D eigenvalue weighted by Crippen LogP contribution is 2.18. The van der Waals surface area contributed by atoms with Gasteiger partial charge in [-0.1, -0.05) is 289 Å². The fourth-order valence-electron chi connectivity index (χ4n) is 10.0. The zero-order valence-corrected chi connectivity index (χ0v) is 48.0. The van der Waals surface area contributed by atoms with Crippen LogP contribution in [0.1, 0.15) is 354 Å². The Morgan fingerprint density at radius 2 is 0.662 bits per heavy atom. The smallest absolute Gasteiger partial charge is 0.305 e. The number of esters is 1. The molecule has 0 rings (SSSR count). The van der Waals surface area contributed by atoms with Crippen LogP contribution in [-0.2, 0) is 14.3 Å². The Labute approximate surface area is 443 Å². The van der Waals surface area contributed by atoms with E-state index in [9.17, 15) is 19.8 Å². The fraction of sp³-hybridized carbons (Fsp3) is 0.908. The molecule has 0 aliphatic heterocycles. The summed E-state index contributed by atoms with van der Waals surface area (Å²) in [6, 6.07) is -0.553. The van der Waals surface area contributed by atoms with Gasteiger partial charge in [-0.2, -0.15) is 0 Å². The van der Waals surface area contributed by atoms with Gasteiger partial charge in [0.25, 0.3) is 0 Å². The highest BCUT2D eigenvalue weighted by Gasteiger charge is 2.20. The van der Waals surface area contributed by atoms with Crippen LogP contribution in [-0.4, -0.2) is 47.4 Å². The van der Waals surface area contributed by atoms with Gasteiger partial charge in [-0.25, -0.2) is 0 Å². The molecule has 3 N–H and O–H groups in total. The summed E-state index contributed by atoms with van der Waals surface area (Å²) < 4.78 is 5.47. The van der Waals surface area contributed by atoms with Crippen molar-refractivity contribution in [3.05, 3.63) is 24.3 Å². The third-order valence-electron chi connectivity index (χ3n) is 15.0. The number of aliphatic hydroxyl groups excluding tert-OH is 2. The van der Waals surface area contributed by atoms with Gasteiger partial charge in [-0.3, -0.25) is 9.59 Å². The number of carbonyl (C=O) groups is 2. The molecule has 1 amide bonds. The SMILES string of the molecule is CCCCCC/C=C\CCCCCCCC(=O)OCCCCCCCCCCC/C=C\CCCCCCCC(=O)NC(CO)C(O)CCCCCCCCCCCCCCCCCCCCCCCCC. The number of hydrogen-bond donors (Lipinski definition) is 3. The van der Waals surface area contributed by atoms with Crippen molar-refractivity contribution in [2.45, 2.75) is 366 Å². The number of hydrogen-bond acceptors (Lipinski definition) is 5. The number of amides is 1. The lowest BCUT2D eigenvalue weighted by Gasteiger charge is -2.22. The maximum atomic E-state index is 12.5. The van der Waals surface area contributed by atoms with E-state index >= 15 is 0 Å². The third-order valence-corrected chi connectivity index (χ3v) is 15.0. The van der Waals surface area contributed by atoms with Crippen LogP contribution >= 0.6 is 0 Å². The molecule has 71 heavy (non-hydrogen) atoms. The Kier molecular flexibility index (Phi) is 59.5. The molecule has 0 saturated heterocycles. The highest BCUT2D eigenvalue weighted by molar-refractivity contribution is 5.76. The number of allylic oxidation sites excluding steroid dienone is 4. The van der Waals surface area contributed by atoms with Gasteiger partial charge in [0.05, 0.1) is 25.4 Å². The molecular formula is C65H125NO5. The fourth-order valence-corrected chi connectivity index (χ4v) is 10.0. The van der Waals surface area contributed by atoms with Crippen LogP contribution in [0.3, 0.4) is 0 Å². The average Bonchev–Trinajstić information content (AvgIpc) is 3.37. The van der Waals surface area contributed by atoms with Gasteiger partial charge in [-0.05, 0) is 77.0 Å². The van der Waals surface area contributed by atoms with E-state index in [2.05, 4.69) is 43.5 Å². The topological polar surface area (TPSA) is 95.9 Å². The summed E-state index contributed by atoms with van der Waals surface area (Å²) >= 11 is 0. The van der Waals surface area contributed by atoms with Gasteiger partial charge in [-0.15, -0.1) is 0 Å².